The summed E-state index contributed by atoms with van der Waals surface area (Å²) < 4.78 is 59.8. The minimum Gasteiger partial charge on any atom is -0.493 e. The zero-order valence-electron chi connectivity index (χ0n) is 18.6. The number of anilines is 2. The van der Waals surface area contributed by atoms with E-state index in [9.17, 15) is 22.8 Å². The Labute approximate surface area is 222 Å². The molecule has 2 amide bonds. The van der Waals surface area contributed by atoms with Crippen LogP contribution in [0.5, 0.6) is 5.75 Å². The quantitative estimate of drug-likeness (QED) is 0.207. The smallest absolute Gasteiger partial charge is 0.259 e. The average molecular weight is 577 g/mol. The summed E-state index contributed by atoms with van der Waals surface area (Å²) in [6.07, 6.45) is 0. The van der Waals surface area contributed by atoms with Gasteiger partial charge in [0.25, 0.3) is 5.91 Å². The van der Waals surface area contributed by atoms with E-state index in [-0.39, 0.29) is 16.1 Å². The Morgan fingerprint density at radius 3 is 2.24 bits per heavy atom. The second kappa shape index (κ2) is 9.27. The van der Waals surface area contributed by atoms with Crippen LogP contribution in [0.25, 0.3) is 0 Å². The molecule has 2 unspecified atom stereocenters. The third-order valence-corrected chi connectivity index (χ3v) is 7.55. The molecule has 0 spiro atoms. The maximum Gasteiger partial charge on any atom is 0.259 e. The number of carbonyl (C=O) groups is 2. The molecule has 5 N–H and O–H groups in total. The van der Waals surface area contributed by atoms with Gasteiger partial charge >= 0.3 is 0 Å². The number of amides is 2. The predicted octanol–water partition coefficient (Wildman–Crippen LogP) is 5.43. The van der Waals surface area contributed by atoms with E-state index in [4.69, 9.17) is 51.0 Å². The molecule has 13 heteroatoms. The number of primary amides is 1. The standard InChI is InChI=1S/C24H16Cl3F4N3O3/c1-37-19-11(21(35)34-16-5-4-14(29)18(32)17(16)31)7-10(8-15(19)30)23(22(33)36)20(24(23,26)27)9-2-3-13(28)12(25)6-9/h2-8,20H,32H2,1H3,(H2,33,36)(H,34,35). The van der Waals surface area contributed by atoms with Gasteiger partial charge in [-0.15, -0.1) is 0 Å². The van der Waals surface area contributed by atoms with Crippen molar-refractivity contribution in [1.82, 2.24) is 0 Å². The van der Waals surface area contributed by atoms with E-state index in [1.807, 2.05) is 0 Å². The molecule has 1 aliphatic rings. The van der Waals surface area contributed by atoms with Crippen LogP contribution in [0.3, 0.4) is 0 Å². The Kier molecular flexibility index (Phi) is 6.72. The first-order valence-corrected chi connectivity index (χ1v) is 11.5. The molecule has 3 aromatic carbocycles. The van der Waals surface area contributed by atoms with E-state index < -0.39 is 73.4 Å². The number of halogens is 7. The molecule has 1 aliphatic carbocycles. The van der Waals surface area contributed by atoms with E-state index in [2.05, 4.69) is 5.32 Å². The monoisotopic (exact) mass is 575 g/mol. The fraction of sp³-hybridized carbons (Fsp3) is 0.167. The number of carbonyl (C=O) groups excluding carboxylic acids is 2. The van der Waals surface area contributed by atoms with Crippen molar-refractivity contribution in [2.45, 2.75) is 15.7 Å². The van der Waals surface area contributed by atoms with Crippen molar-refractivity contribution >= 4 is 58.0 Å². The topological polar surface area (TPSA) is 107 Å². The van der Waals surface area contributed by atoms with Crippen molar-refractivity contribution in [2.75, 3.05) is 18.2 Å². The number of nitrogens with two attached hydrogens (primary N) is 2. The molecule has 0 saturated heterocycles. The van der Waals surface area contributed by atoms with Crippen molar-refractivity contribution in [3.63, 3.8) is 0 Å². The summed E-state index contributed by atoms with van der Waals surface area (Å²) in [7, 11) is 1.07. The molecule has 194 valence electrons. The van der Waals surface area contributed by atoms with Gasteiger partial charge in [-0.25, -0.2) is 17.6 Å². The first-order chi connectivity index (χ1) is 17.3. The molecule has 2 atom stereocenters. The molecular weight excluding hydrogens is 561 g/mol. The number of nitrogens with one attached hydrogen (secondary N) is 1. The highest BCUT2D eigenvalue weighted by atomic mass is 35.5. The molecule has 1 saturated carbocycles. The van der Waals surface area contributed by atoms with E-state index >= 15 is 4.39 Å². The second-order valence-electron chi connectivity index (χ2n) is 8.22. The molecule has 1 fully saturated rings. The SMILES string of the molecule is COc1c(F)cc(C2(C(N)=O)C(c3ccc(F)c(Cl)c3)C2(Cl)Cl)cc1C(=O)Nc1ccc(F)c(N)c1F. The van der Waals surface area contributed by atoms with Gasteiger partial charge in [-0.05, 0) is 47.5 Å². The second-order valence-corrected chi connectivity index (χ2v) is 10.0. The van der Waals surface area contributed by atoms with E-state index in [0.29, 0.717) is 0 Å². The Morgan fingerprint density at radius 2 is 1.65 bits per heavy atom. The maximum atomic E-state index is 15.2. The molecule has 0 aromatic heterocycles. The van der Waals surface area contributed by atoms with Crippen molar-refractivity contribution < 1.29 is 31.9 Å². The first-order valence-electron chi connectivity index (χ1n) is 10.3. The van der Waals surface area contributed by atoms with Gasteiger partial charge in [0, 0.05) is 5.92 Å². The van der Waals surface area contributed by atoms with Crippen LogP contribution in [0.1, 0.15) is 27.4 Å². The van der Waals surface area contributed by atoms with E-state index in [1.54, 1.807) is 0 Å². The van der Waals surface area contributed by atoms with Gasteiger partial charge < -0.3 is 21.5 Å². The number of ether oxygens (including phenoxy) is 1. The summed E-state index contributed by atoms with van der Waals surface area (Å²) >= 11 is 18.9. The molecule has 0 heterocycles. The lowest BCUT2D eigenvalue weighted by Crippen LogP contribution is -2.34. The molecule has 3 aromatic rings. The van der Waals surface area contributed by atoms with Crippen LogP contribution < -0.4 is 21.5 Å². The highest BCUT2D eigenvalue weighted by Gasteiger charge is 2.81. The third kappa shape index (κ3) is 4.03. The number of nitrogen functional groups attached to an aromatic ring is 1. The van der Waals surface area contributed by atoms with Crippen molar-refractivity contribution in [3.8, 4) is 5.75 Å². The summed E-state index contributed by atoms with van der Waals surface area (Å²) in [5.74, 6) is -8.00. The number of alkyl halides is 2. The van der Waals surface area contributed by atoms with Gasteiger partial charge in [-0.3, -0.25) is 9.59 Å². The zero-order valence-corrected chi connectivity index (χ0v) is 20.9. The third-order valence-electron chi connectivity index (χ3n) is 6.23. The number of hydrogen-bond acceptors (Lipinski definition) is 4. The van der Waals surface area contributed by atoms with Gasteiger partial charge in [0.1, 0.15) is 27.1 Å². The molecule has 0 aliphatic heterocycles. The summed E-state index contributed by atoms with van der Waals surface area (Å²) in [4.78, 5) is 25.8. The van der Waals surface area contributed by atoms with Crippen molar-refractivity contribution in [3.05, 3.63) is 87.4 Å². The van der Waals surface area contributed by atoms with Gasteiger partial charge in [-0.2, -0.15) is 0 Å². The molecule has 0 bridgehead atoms. The summed E-state index contributed by atoms with van der Waals surface area (Å²) in [6.45, 7) is 0. The first kappa shape index (κ1) is 26.8. The predicted molar refractivity (Wildman–Crippen MR) is 131 cm³/mol. The Bertz CT molecular complexity index is 1470. The van der Waals surface area contributed by atoms with Crippen LogP contribution in [0.15, 0.2) is 42.5 Å². The van der Waals surface area contributed by atoms with Crippen LogP contribution in [0, 0.1) is 23.3 Å². The normalized spacial score (nSPS) is 19.8. The number of hydrogen-bond donors (Lipinski definition) is 3. The molecular formula is C24H16Cl3F4N3O3. The minimum atomic E-state index is -1.98. The minimum absolute atomic E-state index is 0.210. The van der Waals surface area contributed by atoms with E-state index in [0.717, 1.165) is 37.4 Å². The molecule has 37 heavy (non-hydrogen) atoms. The van der Waals surface area contributed by atoms with Crippen molar-refractivity contribution in [1.29, 1.82) is 0 Å². The van der Waals surface area contributed by atoms with Crippen molar-refractivity contribution in [2.24, 2.45) is 5.73 Å². The van der Waals surface area contributed by atoms with Gasteiger partial charge in [0.2, 0.25) is 5.91 Å². The van der Waals surface area contributed by atoms with Crippen LogP contribution in [-0.2, 0) is 10.2 Å². The van der Waals surface area contributed by atoms with Gasteiger partial charge in [0.05, 0.1) is 23.4 Å². The molecule has 4 rings (SSSR count). The van der Waals surface area contributed by atoms with Crippen LogP contribution in [-0.4, -0.2) is 23.3 Å². The summed E-state index contributed by atoms with van der Waals surface area (Å²) in [5, 5.41) is 1.87. The largest absolute Gasteiger partial charge is 0.493 e. The lowest BCUT2D eigenvalue weighted by molar-refractivity contribution is -0.120. The summed E-state index contributed by atoms with van der Waals surface area (Å²) in [6, 6.07) is 7.16. The maximum absolute atomic E-state index is 15.2. The highest BCUT2D eigenvalue weighted by Crippen LogP contribution is 2.74. The molecule has 6 nitrogen and oxygen atoms in total. The van der Waals surface area contributed by atoms with Gasteiger partial charge in [-0.1, -0.05) is 40.9 Å². The zero-order chi connectivity index (χ0) is 27.4. The lowest BCUT2D eigenvalue weighted by atomic mass is 9.88. The number of methoxy groups -OCH3 is 1. The van der Waals surface area contributed by atoms with Gasteiger partial charge in [0.15, 0.2) is 17.4 Å². The number of benzene rings is 3. The highest BCUT2D eigenvalue weighted by molar-refractivity contribution is 6.55. The fourth-order valence-corrected chi connectivity index (χ4v) is 5.70. The van der Waals surface area contributed by atoms with Crippen LogP contribution >= 0.6 is 34.8 Å². The van der Waals surface area contributed by atoms with E-state index in [1.165, 1.54) is 12.1 Å². The number of rotatable bonds is 6. The van der Waals surface area contributed by atoms with Crippen LogP contribution in [0.4, 0.5) is 28.9 Å². The Morgan fingerprint density at radius 1 is 1.00 bits per heavy atom. The average Bonchev–Trinajstić information content (AvgIpc) is 3.37. The Balaban J connectivity index is 1.85. The fourth-order valence-electron chi connectivity index (χ4n) is 4.42. The summed E-state index contributed by atoms with van der Waals surface area (Å²) in [5.41, 5.74) is 7.20. The van der Waals surface area contributed by atoms with Crippen LogP contribution in [0.2, 0.25) is 5.02 Å². The lowest BCUT2D eigenvalue weighted by Gasteiger charge is -2.19. The Hall–Kier alpha value is -3.21. The molecule has 0 radical (unpaired) electrons.